The first-order valence-corrected chi connectivity index (χ1v) is 12.5. The van der Waals surface area contributed by atoms with Crippen molar-refractivity contribution in [3.05, 3.63) is 53.5 Å². The van der Waals surface area contributed by atoms with Crippen LogP contribution >= 0.6 is 0 Å². The molecular weight excluding hydrogens is 430 g/mol. The molecule has 0 radical (unpaired) electrons. The Morgan fingerprint density at radius 1 is 1.12 bits per heavy atom. The Bertz CT molecular complexity index is 1020. The van der Waals surface area contributed by atoms with Gasteiger partial charge in [0.1, 0.15) is 17.8 Å². The van der Waals surface area contributed by atoms with Crippen LogP contribution in [0.3, 0.4) is 0 Å². The van der Waals surface area contributed by atoms with Gasteiger partial charge in [-0.1, -0.05) is 24.3 Å². The lowest BCUT2D eigenvalue weighted by molar-refractivity contribution is -0.0139. The third kappa shape index (κ3) is 5.09. The van der Waals surface area contributed by atoms with Crippen molar-refractivity contribution in [2.45, 2.75) is 75.8 Å². The van der Waals surface area contributed by atoms with Gasteiger partial charge in [-0.25, -0.2) is 9.97 Å². The molecule has 1 saturated carbocycles. The smallest absolute Gasteiger partial charge is 0.272 e. The maximum Gasteiger partial charge on any atom is 0.272 e. The zero-order chi connectivity index (χ0) is 23.7. The second-order valence-corrected chi connectivity index (χ2v) is 10.4. The maximum atomic E-state index is 13.2. The van der Waals surface area contributed by atoms with Crippen LogP contribution in [0.25, 0.3) is 0 Å². The van der Waals surface area contributed by atoms with Gasteiger partial charge in [-0.2, -0.15) is 0 Å². The fourth-order valence-electron chi connectivity index (χ4n) is 5.64. The van der Waals surface area contributed by atoms with Crippen LogP contribution in [-0.2, 0) is 13.0 Å². The number of nitrogens with one attached hydrogen (secondary N) is 1. The van der Waals surface area contributed by atoms with Crippen LogP contribution < -0.4 is 5.32 Å². The molecule has 34 heavy (non-hydrogen) atoms. The van der Waals surface area contributed by atoms with E-state index in [1.54, 1.807) is 11.0 Å². The van der Waals surface area contributed by atoms with Crippen LogP contribution in [0, 0.1) is 0 Å². The van der Waals surface area contributed by atoms with E-state index < -0.39 is 11.7 Å². The minimum absolute atomic E-state index is 0.0588. The van der Waals surface area contributed by atoms with Gasteiger partial charge in [0.2, 0.25) is 0 Å². The molecule has 2 fully saturated rings. The standard InChI is InChI=1S/C26H35N5O3/c1-26(34)10-6-20(7-11-26)29-24-14-21(27-17-28-24)25(33)31-13-9-22(23(32)16-31)30-12-8-18-4-2-3-5-19(18)15-30/h2-5,14,17,20,22-23,32,34H,6-13,15-16H2,1H3,(H,27,28,29)/t20?,22-,23-,26?/m0/s1. The van der Waals surface area contributed by atoms with Crippen molar-refractivity contribution in [2.75, 3.05) is 25.0 Å². The van der Waals surface area contributed by atoms with Crippen molar-refractivity contribution in [3.8, 4) is 0 Å². The lowest BCUT2D eigenvalue weighted by Gasteiger charge is -2.43. The van der Waals surface area contributed by atoms with E-state index in [2.05, 4.69) is 44.5 Å². The maximum absolute atomic E-state index is 13.2. The third-order valence-corrected chi connectivity index (χ3v) is 7.76. The van der Waals surface area contributed by atoms with Gasteiger partial charge in [-0.15, -0.1) is 0 Å². The highest BCUT2D eigenvalue weighted by Gasteiger charge is 2.36. The number of hydrogen-bond acceptors (Lipinski definition) is 7. The van der Waals surface area contributed by atoms with Crippen LogP contribution in [0.15, 0.2) is 36.7 Å². The molecule has 1 amide bonds. The molecule has 0 spiro atoms. The highest BCUT2D eigenvalue weighted by Crippen LogP contribution is 2.29. The molecule has 3 N–H and O–H groups in total. The van der Waals surface area contributed by atoms with E-state index in [1.807, 2.05) is 6.92 Å². The minimum Gasteiger partial charge on any atom is -0.390 e. The molecule has 1 aromatic carbocycles. The van der Waals surface area contributed by atoms with Gasteiger partial charge in [0.05, 0.1) is 11.7 Å². The van der Waals surface area contributed by atoms with Crippen molar-refractivity contribution in [1.29, 1.82) is 0 Å². The number of carbonyl (C=O) groups is 1. The van der Waals surface area contributed by atoms with Crippen molar-refractivity contribution >= 4 is 11.7 Å². The summed E-state index contributed by atoms with van der Waals surface area (Å²) in [5.74, 6) is 0.464. The van der Waals surface area contributed by atoms with Crippen LogP contribution in [0.2, 0.25) is 0 Å². The first kappa shape index (κ1) is 23.2. The van der Waals surface area contributed by atoms with Gasteiger partial charge in [0, 0.05) is 44.3 Å². The predicted molar refractivity (Wildman–Crippen MR) is 129 cm³/mol. The molecule has 8 heteroatoms. The number of likely N-dealkylation sites (tertiary alicyclic amines) is 1. The molecule has 2 aliphatic heterocycles. The van der Waals surface area contributed by atoms with E-state index in [-0.39, 0.29) is 18.0 Å². The van der Waals surface area contributed by atoms with Gasteiger partial charge in [-0.3, -0.25) is 9.69 Å². The number of fused-ring (bicyclic) bond motifs is 1. The summed E-state index contributed by atoms with van der Waals surface area (Å²) in [4.78, 5) is 25.8. The van der Waals surface area contributed by atoms with Gasteiger partial charge in [-0.05, 0) is 56.6 Å². The quantitative estimate of drug-likeness (QED) is 0.636. The number of aliphatic hydroxyl groups is 2. The molecular formula is C26H35N5O3. The van der Waals surface area contributed by atoms with Crippen LogP contribution in [0.4, 0.5) is 5.82 Å². The SMILES string of the molecule is CC1(O)CCC(Nc2cc(C(=O)N3CC[C@H](N4CCc5ccccc5C4)[C@@H](O)C3)ncn2)CC1. The molecule has 2 atom stereocenters. The Morgan fingerprint density at radius 3 is 2.65 bits per heavy atom. The summed E-state index contributed by atoms with van der Waals surface area (Å²) in [6, 6.07) is 10.5. The van der Waals surface area contributed by atoms with E-state index in [1.165, 1.54) is 17.5 Å². The predicted octanol–water partition coefficient (Wildman–Crippen LogP) is 2.22. The molecule has 3 heterocycles. The third-order valence-electron chi connectivity index (χ3n) is 7.76. The zero-order valence-electron chi connectivity index (χ0n) is 19.9. The Balaban J connectivity index is 1.18. The molecule has 3 aliphatic rings. The highest BCUT2D eigenvalue weighted by atomic mass is 16.3. The van der Waals surface area contributed by atoms with Gasteiger partial charge in [0.25, 0.3) is 5.91 Å². The fourth-order valence-corrected chi connectivity index (χ4v) is 5.64. The summed E-state index contributed by atoms with van der Waals surface area (Å²) < 4.78 is 0. The molecule has 0 unspecified atom stereocenters. The fraction of sp³-hybridized carbons (Fsp3) is 0.577. The molecule has 0 bridgehead atoms. The van der Waals surface area contributed by atoms with E-state index in [0.29, 0.717) is 24.6 Å². The molecule has 8 nitrogen and oxygen atoms in total. The van der Waals surface area contributed by atoms with E-state index >= 15 is 0 Å². The number of piperidine rings is 1. The summed E-state index contributed by atoms with van der Waals surface area (Å²) in [6.45, 7) is 4.58. The number of amides is 1. The van der Waals surface area contributed by atoms with Crippen LogP contribution in [-0.4, -0.2) is 79.3 Å². The highest BCUT2D eigenvalue weighted by molar-refractivity contribution is 5.93. The first-order chi connectivity index (χ1) is 16.4. The van der Waals surface area contributed by atoms with E-state index in [9.17, 15) is 15.0 Å². The summed E-state index contributed by atoms with van der Waals surface area (Å²) in [7, 11) is 0. The zero-order valence-corrected chi connectivity index (χ0v) is 19.9. The van der Waals surface area contributed by atoms with Crippen LogP contribution in [0.5, 0.6) is 0 Å². The number of carbonyl (C=O) groups excluding carboxylic acids is 1. The number of anilines is 1. The topological polar surface area (TPSA) is 102 Å². The Hall–Kier alpha value is -2.55. The van der Waals surface area contributed by atoms with Gasteiger partial charge < -0.3 is 20.4 Å². The number of nitrogens with zero attached hydrogens (tertiary/aromatic N) is 4. The average Bonchev–Trinajstić information content (AvgIpc) is 2.85. The number of aromatic nitrogens is 2. The van der Waals surface area contributed by atoms with Crippen LogP contribution in [0.1, 0.15) is 60.6 Å². The second-order valence-electron chi connectivity index (χ2n) is 10.4. The van der Waals surface area contributed by atoms with Crippen molar-refractivity contribution in [2.24, 2.45) is 0 Å². The first-order valence-electron chi connectivity index (χ1n) is 12.5. The van der Waals surface area contributed by atoms with E-state index in [4.69, 9.17) is 0 Å². The van der Waals surface area contributed by atoms with Crippen molar-refractivity contribution in [1.82, 2.24) is 19.8 Å². The average molecular weight is 466 g/mol. The molecule has 5 rings (SSSR count). The number of hydrogen-bond donors (Lipinski definition) is 3. The Labute approximate surface area is 201 Å². The molecule has 1 saturated heterocycles. The van der Waals surface area contributed by atoms with E-state index in [0.717, 1.165) is 51.6 Å². The molecule has 182 valence electrons. The lowest BCUT2D eigenvalue weighted by atomic mass is 9.84. The van der Waals surface area contributed by atoms with Gasteiger partial charge >= 0.3 is 0 Å². The summed E-state index contributed by atoms with van der Waals surface area (Å²) >= 11 is 0. The molecule has 1 aromatic heterocycles. The van der Waals surface area contributed by atoms with Crippen molar-refractivity contribution < 1.29 is 15.0 Å². The molecule has 1 aliphatic carbocycles. The summed E-state index contributed by atoms with van der Waals surface area (Å²) in [6.07, 6.45) is 5.79. The van der Waals surface area contributed by atoms with Crippen molar-refractivity contribution in [3.63, 3.8) is 0 Å². The largest absolute Gasteiger partial charge is 0.390 e. The minimum atomic E-state index is -0.588. The second kappa shape index (κ2) is 9.60. The molecule has 2 aromatic rings. The number of rotatable bonds is 4. The summed E-state index contributed by atoms with van der Waals surface area (Å²) in [5, 5.41) is 24.5. The normalized spacial score (nSPS) is 30.0. The monoisotopic (exact) mass is 465 g/mol. The number of aliphatic hydroxyl groups excluding tert-OH is 1. The lowest BCUT2D eigenvalue weighted by Crippen LogP contribution is -2.56. The number of benzene rings is 1. The number of β-amino-alcohol motifs (C(OH)–C–C–N with tert-alkyl or cyclic N) is 1. The Morgan fingerprint density at radius 2 is 1.88 bits per heavy atom. The Kier molecular flexibility index (Phi) is 6.55. The van der Waals surface area contributed by atoms with Gasteiger partial charge in [0.15, 0.2) is 0 Å². The summed E-state index contributed by atoms with van der Waals surface area (Å²) in [5.41, 5.74) is 2.49.